The van der Waals surface area contributed by atoms with Gasteiger partial charge < -0.3 is 9.84 Å². The van der Waals surface area contributed by atoms with E-state index < -0.39 is 4.33 Å². The number of aromatic nitrogens is 2. The van der Waals surface area contributed by atoms with Gasteiger partial charge in [-0.3, -0.25) is 4.79 Å². The molecule has 1 saturated carbocycles. The van der Waals surface area contributed by atoms with Gasteiger partial charge in [-0.2, -0.15) is 4.98 Å². The van der Waals surface area contributed by atoms with Gasteiger partial charge in [-0.25, -0.2) is 0 Å². The van der Waals surface area contributed by atoms with Crippen molar-refractivity contribution in [1.82, 2.24) is 15.5 Å². The van der Waals surface area contributed by atoms with Crippen molar-refractivity contribution in [2.45, 2.75) is 23.2 Å². The van der Waals surface area contributed by atoms with Crippen molar-refractivity contribution in [3.8, 4) is 0 Å². The average molecular weight is 312 g/mol. The molecule has 0 spiro atoms. The van der Waals surface area contributed by atoms with Crippen molar-refractivity contribution >= 4 is 29.1 Å². The van der Waals surface area contributed by atoms with Crippen LogP contribution in [-0.2, 0) is 6.54 Å². The molecule has 7 heteroatoms. The molecular weight excluding hydrogens is 301 g/mol. The highest BCUT2D eigenvalue weighted by Gasteiger charge is 2.56. The van der Waals surface area contributed by atoms with E-state index in [4.69, 9.17) is 27.7 Å². The fourth-order valence-corrected chi connectivity index (χ4v) is 2.31. The maximum absolute atomic E-state index is 11.8. The molecule has 1 aromatic carbocycles. The third-order valence-corrected chi connectivity index (χ3v) is 3.89. The summed E-state index contributed by atoms with van der Waals surface area (Å²) in [5.41, 5.74) is 0.582. The number of hydrogen-bond acceptors (Lipinski definition) is 4. The monoisotopic (exact) mass is 311 g/mol. The highest BCUT2D eigenvalue weighted by Crippen LogP contribution is 2.58. The van der Waals surface area contributed by atoms with Crippen LogP contribution in [0.3, 0.4) is 0 Å². The van der Waals surface area contributed by atoms with Crippen LogP contribution in [0.5, 0.6) is 0 Å². The molecule has 20 heavy (non-hydrogen) atoms. The fourth-order valence-electron chi connectivity index (χ4n) is 1.81. The zero-order valence-electron chi connectivity index (χ0n) is 10.3. The molecule has 1 unspecified atom stereocenters. The van der Waals surface area contributed by atoms with E-state index in [1.54, 1.807) is 24.3 Å². The minimum absolute atomic E-state index is 0.114. The van der Waals surface area contributed by atoms with Crippen LogP contribution in [0.15, 0.2) is 34.9 Å². The fraction of sp³-hybridized carbons (Fsp3) is 0.308. The predicted molar refractivity (Wildman–Crippen MR) is 73.7 cm³/mol. The van der Waals surface area contributed by atoms with Gasteiger partial charge in [-0.1, -0.05) is 23.4 Å². The molecule has 1 heterocycles. The first-order valence-electron chi connectivity index (χ1n) is 6.10. The molecule has 3 rings (SSSR count). The highest BCUT2D eigenvalue weighted by molar-refractivity contribution is 6.51. The molecule has 1 amide bonds. The van der Waals surface area contributed by atoms with Gasteiger partial charge in [0.15, 0.2) is 5.82 Å². The molecule has 1 atom stereocenters. The molecule has 5 nitrogen and oxygen atoms in total. The third-order valence-electron chi connectivity index (χ3n) is 3.05. The van der Waals surface area contributed by atoms with Crippen molar-refractivity contribution < 1.29 is 9.32 Å². The van der Waals surface area contributed by atoms with Gasteiger partial charge in [-0.05, 0) is 18.6 Å². The lowest BCUT2D eigenvalue weighted by Gasteiger charge is -2.01. The normalized spacial score (nSPS) is 19.6. The Morgan fingerprint density at radius 2 is 2.10 bits per heavy atom. The molecule has 0 radical (unpaired) electrons. The first kappa shape index (κ1) is 13.4. The SMILES string of the molecule is O=C(NCc1noc(C2CC2(Cl)Cl)n1)c1ccccc1. The van der Waals surface area contributed by atoms with Crippen molar-refractivity contribution in [1.29, 1.82) is 0 Å². The number of halogens is 2. The lowest BCUT2D eigenvalue weighted by atomic mass is 10.2. The predicted octanol–water partition coefficient (Wildman–Crippen LogP) is 2.66. The molecule has 1 aliphatic rings. The molecule has 0 aliphatic heterocycles. The van der Waals surface area contributed by atoms with Crippen LogP contribution in [0, 0.1) is 0 Å². The third kappa shape index (κ3) is 2.78. The Balaban J connectivity index is 1.58. The largest absolute Gasteiger partial charge is 0.345 e. The minimum atomic E-state index is -0.795. The molecule has 0 saturated heterocycles. The first-order valence-corrected chi connectivity index (χ1v) is 6.85. The Morgan fingerprint density at radius 3 is 2.75 bits per heavy atom. The molecule has 1 aromatic heterocycles. The summed E-state index contributed by atoms with van der Waals surface area (Å²) >= 11 is 11.9. The maximum atomic E-state index is 11.8. The summed E-state index contributed by atoms with van der Waals surface area (Å²) in [5, 5.41) is 6.51. The number of carbonyl (C=O) groups is 1. The van der Waals surface area contributed by atoms with Crippen molar-refractivity contribution in [2.24, 2.45) is 0 Å². The zero-order valence-corrected chi connectivity index (χ0v) is 11.9. The first-order chi connectivity index (χ1) is 9.56. The molecule has 1 N–H and O–H groups in total. The van der Waals surface area contributed by atoms with Crippen molar-refractivity contribution in [3.05, 3.63) is 47.6 Å². The maximum Gasteiger partial charge on any atom is 0.251 e. The minimum Gasteiger partial charge on any atom is -0.345 e. The molecular formula is C13H11Cl2N3O2. The Labute approximate surface area is 125 Å². The van der Waals surface area contributed by atoms with Gasteiger partial charge >= 0.3 is 0 Å². The number of carbonyl (C=O) groups excluding carboxylic acids is 1. The topological polar surface area (TPSA) is 68.0 Å². The van der Waals surface area contributed by atoms with Crippen LogP contribution in [-0.4, -0.2) is 20.4 Å². The molecule has 1 fully saturated rings. The lowest BCUT2D eigenvalue weighted by Crippen LogP contribution is -2.23. The number of benzene rings is 1. The number of alkyl halides is 2. The van der Waals surface area contributed by atoms with Gasteiger partial charge in [0.1, 0.15) is 4.33 Å². The van der Waals surface area contributed by atoms with E-state index in [1.165, 1.54) is 0 Å². The van der Waals surface area contributed by atoms with Gasteiger partial charge in [0.05, 0.1) is 12.5 Å². The second-order valence-corrected chi connectivity index (χ2v) is 6.16. The van der Waals surface area contributed by atoms with Crippen LogP contribution >= 0.6 is 23.2 Å². The Bertz CT molecular complexity index is 628. The van der Waals surface area contributed by atoms with Gasteiger partial charge in [0.2, 0.25) is 5.89 Å². The molecule has 1 aliphatic carbocycles. The number of rotatable bonds is 4. The summed E-state index contributed by atoms with van der Waals surface area (Å²) in [5.74, 6) is 0.517. The summed E-state index contributed by atoms with van der Waals surface area (Å²) in [6.07, 6.45) is 0.605. The van der Waals surface area contributed by atoms with Crippen molar-refractivity contribution in [3.63, 3.8) is 0 Å². The van der Waals surface area contributed by atoms with Crippen molar-refractivity contribution in [2.75, 3.05) is 0 Å². The summed E-state index contributed by atoms with van der Waals surface area (Å²) in [6, 6.07) is 8.92. The zero-order chi connectivity index (χ0) is 14.2. The van der Waals surface area contributed by atoms with E-state index >= 15 is 0 Å². The Morgan fingerprint density at radius 1 is 1.40 bits per heavy atom. The second-order valence-electron chi connectivity index (χ2n) is 4.62. The number of hydrogen-bond donors (Lipinski definition) is 1. The van der Waals surface area contributed by atoms with Gasteiger partial charge in [0, 0.05) is 5.56 Å². The Kier molecular flexibility index (Phi) is 3.40. The average Bonchev–Trinajstić information content (AvgIpc) is 2.89. The van der Waals surface area contributed by atoms with Crippen LogP contribution in [0.2, 0.25) is 0 Å². The number of nitrogens with one attached hydrogen (secondary N) is 1. The van der Waals surface area contributed by atoms with E-state index in [1.807, 2.05) is 6.07 Å². The van der Waals surface area contributed by atoms with E-state index in [9.17, 15) is 4.79 Å². The van der Waals surface area contributed by atoms with E-state index in [0.717, 1.165) is 0 Å². The van der Waals surface area contributed by atoms with Gasteiger partial charge in [-0.15, -0.1) is 23.2 Å². The second kappa shape index (κ2) is 5.07. The lowest BCUT2D eigenvalue weighted by molar-refractivity contribution is 0.0949. The number of amides is 1. The van der Waals surface area contributed by atoms with Gasteiger partial charge in [0.25, 0.3) is 5.91 Å². The van der Waals surface area contributed by atoms with Crippen LogP contribution < -0.4 is 5.32 Å². The quantitative estimate of drug-likeness (QED) is 0.881. The number of nitrogens with zero attached hydrogens (tertiary/aromatic N) is 2. The standard InChI is InChI=1S/C13H11Cl2N3O2/c14-13(15)6-9(13)12-17-10(18-20-12)7-16-11(19)8-4-2-1-3-5-8/h1-5,9H,6-7H2,(H,16,19). The smallest absolute Gasteiger partial charge is 0.251 e. The highest BCUT2D eigenvalue weighted by atomic mass is 35.5. The summed E-state index contributed by atoms with van der Waals surface area (Å²) in [4.78, 5) is 16.0. The van der Waals surface area contributed by atoms with Crippen LogP contribution in [0.25, 0.3) is 0 Å². The van der Waals surface area contributed by atoms with E-state index in [2.05, 4.69) is 15.5 Å². The van der Waals surface area contributed by atoms with Crippen LogP contribution in [0.4, 0.5) is 0 Å². The summed E-state index contributed by atoms with van der Waals surface area (Å²) in [6.45, 7) is 0.196. The summed E-state index contributed by atoms with van der Waals surface area (Å²) in [7, 11) is 0. The molecule has 0 bridgehead atoms. The molecule has 2 aromatic rings. The van der Waals surface area contributed by atoms with E-state index in [-0.39, 0.29) is 18.4 Å². The molecule has 104 valence electrons. The van der Waals surface area contributed by atoms with E-state index in [0.29, 0.717) is 23.7 Å². The van der Waals surface area contributed by atoms with Crippen LogP contribution in [0.1, 0.15) is 34.4 Å². The Hall–Kier alpha value is -1.59. The summed E-state index contributed by atoms with van der Waals surface area (Å²) < 4.78 is 4.29.